The van der Waals surface area contributed by atoms with Crippen LogP contribution in [-0.2, 0) is 9.53 Å². The number of carbonyl (C=O) groups excluding carboxylic acids is 1. The molecule has 3 nitrogen and oxygen atoms in total. The van der Waals surface area contributed by atoms with Crippen LogP contribution in [0.3, 0.4) is 0 Å². The number of rotatable bonds is 0. The monoisotopic (exact) mass is 388 g/mol. The van der Waals surface area contributed by atoms with E-state index in [2.05, 4.69) is 34.6 Å². The topological polar surface area (TPSA) is 46.5 Å². The van der Waals surface area contributed by atoms with E-state index in [0.29, 0.717) is 29.3 Å². The van der Waals surface area contributed by atoms with E-state index in [-0.39, 0.29) is 34.7 Å². The number of esters is 1. The second kappa shape index (κ2) is 5.77. The molecule has 1 heterocycles. The highest BCUT2D eigenvalue weighted by molar-refractivity contribution is 5.75. The van der Waals surface area contributed by atoms with Gasteiger partial charge in [-0.1, -0.05) is 41.0 Å². The van der Waals surface area contributed by atoms with Crippen molar-refractivity contribution in [1.29, 1.82) is 0 Å². The Labute approximate surface area is 171 Å². The Balaban J connectivity index is 1.56. The van der Waals surface area contributed by atoms with E-state index in [0.717, 1.165) is 25.2 Å². The summed E-state index contributed by atoms with van der Waals surface area (Å²) in [6, 6.07) is 0. The number of aliphatic hydroxyl groups is 1. The molecule has 0 spiro atoms. The van der Waals surface area contributed by atoms with Gasteiger partial charge < -0.3 is 9.84 Å². The van der Waals surface area contributed by atoms with E-state index in [1.54, 1.807) is 0 Å². The van der Waals surface area contributed by atoms with Crippen LogP contribution in [0.25, 0.3) is 0 Å². The molecule has 4 aliphatic carbocycles. The van der Waals surface area contributed by atoms with Crippen molar-refractivity contribution in [2.24, 2.45) is 51.2 Å². The van der Waals surface area contributed by atoms with Crippen molar-refractivity contribution < 1.29 is 14.6 Å². The molecule has 0 radical (unpaired) electrons. The summed E-state index contributed by atoms with van der Waals surface area (Å²) in [7, 11) is 0. The second-order valence-electron chi connectivity index (χ2n) is 12.6. The van der Waals surface area contributed by atoms with Gasteiger partial charge in [-0.05, 0) is 78.9 Å². The summed E-state index contributed by atoms with van der Waals surface area (Å²) in [5, 5.41) is 11.6. The lowest BCUT2D eigenvalue weighted by atomic mass is 9.34. The van der Waals surface area contributed by atoms with Gasteiger partial charge in [0.2, 0.25) is 0 Å². The van der Waals surface area contributed by atoms with Crippen LogP contribution in [0, 0.1) is 51.2 Å². The first-order valence-electron chi connectivity index (χ1n) is 11.9. The van der Waals surface area contributed by atoms with E-state index in [9.17, 15) is 9.90 Å². The lowest BCUT2D eigenvalue weighted by Gasteiger charge is -2.71. The van der Waals surface area contributed by atoms with Crippen LogP contribution in [0.4, 0.5) is 0 Å². The van der Waals surface area contributed by atoms with Gasteiger partial charge in [0.15, 0.2) is 0 Å². The Kier molecular flexibility index (Phi) is 4.00. The van der Waals surface area contributed by atoms with Gasteiger partial charge in [-0.3, -0.25) is 4.79 Å². The Morgan fingerprint density at radius 1 is 0.893 bits per heavy atom. The molecule has 5 fully saturated rings. The largest absolute Gasteiger partial charge is 0.465 e. The zero-order valence-electron chi connectivity index (χ0n) is 18.6. The van der Waals surface area contributed by atoms with Gasteiger partial charge in [0.1, 0.15) is 0 Å². The number of fused-ring (bicyclic) bond motifs is 7. The molecule has 1 saturated heterocycles. The van der Waals surface area contributed by atoms with Gasteiger partial charge in [0.25, 0.3) is 0 Å². The van der Waals surface area contributed by atoms with E-state index in [1.165, 1.54) is 32.1 Å². The number of ether oxygens (including phenoxy) is 1. The molecular weight excluding hydrogens is 348 g/mol. The predicted molar refractivity (Wildman–Crippen MR) is 109 cm³/mol. The molecule has 0 unspecified atom stereocenters. The lowest BCUT2D eigenvalue weighted by Crippen LogP contribution is -2.67. The number of hydrogen-bond acceptors (Lipinski definition) is 3. The Bertz CT molecular complexity index is 685. The van der Waals surface area contributed by atoms with Crippen LogP contribution in [0.2, 0.25) is 0 Å². The molecule has 0 aromatic heterocycles. The smallest absolute Gasteiger partial charge is 0.309 e. The average molecular weight is 389 g/mol. The fourth-order valence-electron chi connectivity index (χ4n) is 10.0. The Hall–Kier alpha value is -0.570. The van der Waals surface area contributed by atoms with E-state index < -0.39 is 0 Å². The first-order chi connectivity index (χ1) is 13.0. The zero-order chi connectivity index (χ0) is 20.1. The van der Waals surface area contributed by atoms with Gasteiger partial charge in [0, 0.05) is 11.3 Å². The van der Waals surface area contributed by atoms with Gasteiger partial charge >= 0.3 is 5.97 Å². The van der Waals surface area contributed by atoms with E-state index in [1.807, 2.05) is 0 Å². The van der Waals surface area contributed by atoms with Crippen molar-refractivity contribution in [2.75, 3.05) is 6.61 Å². The fraction of sp³-hybridized carbons (Fsp3) is 0.960. The zero-order valence-corrected chi connectivity index (χ0v) is 18.6. The van der Waals surface area contributed by atoms with Crippen LogP contribution >= 0.6 is 0 Å². The van der Waals surface area contributed by atoms with Crippen LogP contribution in [0.5, 0.6) is 0 Å². The summed E-state index contributed by atoms with van der Waals surface area (Å²) >= 11 is 0. The molecule has 1 N–H and O–H groups in total. The maximum absolute atomic E-state index is 12.3. The van der Waals surface area contributed by atoms with Crippen LogP contribution in [0.15, 0.2) is 0 Å². The van der Waals surface area contributed by atoms with Gasteiger partial charge in [0.05, 0.1) is 18.6 Å². The normalized spacial score (nSPS) is 57.4. The highest BCUT2D eigenvalue weighted by Gasteiger charge is 2.70. The highest BCUT2D eigenvalue weighted by atomic mass is 16.5. The first-order valence-corrected chi connectivity index (χ1v) is 11.9. The minimum Gasteiger partial charge on any atom is -0.465 e. The lowest BCUT2D eigenvalue weighted by molar-refractivity contribution is -0.247. The quantitative estimate of drug-likeness (QED) is 0.580. The number of cyclic esters (lactones) is 1. The molecule has 28 heavy (non-hydrogen) atoms. The molecule has 4 saturated carbocycles. The SMILES string of the molecule is CC1(C)CCC[C@]2(C)[C@H]3C[C@@H](O)[C@]4(C)[C@H]5COC(=O)[C@@H]5CC[C@H]4[C@]3(C)CC[C@@H]12. The van der Waals surface area contributed by atoms with Crippen molar-refractivity contribution in [1.82, 2.24) is 0 Å². The number of hydrogen-bond donors (Lipinski definition) is 1. The molecular formula is C25H40O3. The molecule has 0 bridgehead atoms. The molecule has 158 valence electrons. The van der Waals surface area contributed by atoms with Gasteiger partial charge in [-0.2, -0.15) is 0 Å². The summed E-state index contributed by atoms with van der Waals surface area (Å²) in [5.74, 6) is 2.11. The van der Waals surface area contributed by atoms with E-state index in [4.69, 9.17) is 4.74 Å². The third-order valence-electron chi connectivity index (χ3n) is 11.3. The minimum absolute atomic E-state index is 0.00569. The van der Waals surface area contributed by atoms with Crippen LogP contribution in [-0.4, -0.2) is 23.8 Å². The summed E-state index contributed by atoms with van der Waals surface area (Å²) in [5.41, 5.74) is 0.871. The Morgan fingerprint density at radius 2 is 1.61 bits per heavy atom. The Morgan fingerprint density at radius 3 is 2.36 bits per heavy atom. The van der Waals surface area contributed by atoms with Crippen molar-refractivity contribution in [2.45, 2.75) is 92.1 Å². The molecule has 5 aliphatic rings. The van der Waals surface area contributed by atoms with Crippen molar-refractivity contribution in [3.05, 3.63) is 0 Å². The van der Waals surface area contributed by atoms with Crippen LogP contribution in [0.1, 0.15) is 86.0 Å². The minimum atomic E-state index is -0.307. The number of aliphatic hydroxyl groups excluding tert-OH is 1. The van der Waals surface area contributed by atoms with Crippen molar-refractivity contribution >= 4 is 5.97 Å². The molecule has 5 rings (SSSR count). The van der Waals surface area contributed by atoms with Gasteiger partial charge in [-0.15, -0.1) is 0 Å². The molecule has 1 aliphatic heterocycles. The summed E-state index contributed by atoms with van der Waals surface area (Å²) in [6.45, 7) is 13.0. The standard InChI is InChI=1S/C25H40O3/c1-22(2)10-6-11-23(3)17(22)9-12-24(4)18-8-7-15-16(14-28-21(15)27)25(18,5)20(26)13-19(23)24/h15-20,26H,6-14H2,1-5H3/t15-,16+,17+,18+,19-,20-,23+,24+,25-/m1/s1. The molecule has 0 aromatic carbocycles. The maximum atomic E-state index is 12.3. The second-order valence-corrected chi connectivity index (χ2v) is 12.6. The number of carbonyl (C=O) groups is 1. The third kappa shape index (κ3) is 2.18. The molecule has 9 atom stereocenters. The van der Waals surface area contributed by atoms with Crippen LogP contribution < -0.4 is 0 Å². The molecule has 0 amide bonds. The summed E-state index contributed by atoms with van der Waals surface area (Å²) in [4.78, 5) is 12.3. The highest BCUT2D eigenvalue weighted by Crippen LogP contribution is 2.73. The van der Waals surface area contributed by atoms with Crippen molar-refractivity contribution in [3.8, 4) is 0 Å². The molecule has 0 aromatic rings. The first kappa shape index (κ1) is 19.4. The summed E-state index contributed by atoms with van der Waals surface area (Å²) < 4.78 is 5.51. The summed E-state index contributed by atoms with van der Waals surface area (Å²) in [6.07, 6.45) is 9.30. The molecule has 3 heteroatoms. The van der Waals surface area contributed by atoms with Crippen molar-refractivity contribution in [3.63, 3.8) is 0 Å². The van der Waals surface area contributed by atoms with Gasteiger partial charge in [-0.25, -0.2) is 0 Å². The fourth-order valence-corrected chi connectivity index (χ4v) is 10.0. The maximum Gasteiger partial charge on any atom is 0.309 e. The third-order valence-corrected chi connectivity index (χ3v) is 11.3. The van der Waals surface area contributed by atoms with E-state index >= 15 is 0 Å². The predicted octanol–water partition coefficient (Wildman–Crippen LogP) is 5.21. The average Bonchev–Trinajstić information content (AvgIpc) is 2.99.